The maximum Gasteiger partial charge on any atom is 0.0842 e. The minimum absolute atomic E-state index is 0.0568. The van der Waals surface area contributed by atoms with E-state index in [2.05, 4.69) is 6.58 Å². The van der Waals surface area contributed by atoms with Crippen molar-refractivity contribution in [2.75, 3.05) is 6.61 Å². The van der Waals surface area contributed by atoms with Gasteiger partial charge in [-0.2, -0.15) is 0 Å². The number of allylic oxidation sites excluding steroid dienone is 1. The molecule has 76 valence electrons. The van der Waals surface area contributed by atoms with E-state index in [1.165, 1.54) is 0 Å². The number of rotatable bonds is 5. The fourth-order valence-corrected chi connectivity index (χ4v) is 1.52. The molecular weight excluding hydrogens is 176 g/mol. The van der Waals surface area contributed by atoms with Gasteiger partial charge in [0.15, 0.2) is 0 Å². The highest BCUT2D eigenvalue weighted by molar-refractivity contribution is 5.21. The zero-order valence-corrected chi connectivity index (χ0v) is 8.13. The normalized spacial score (nSPS) is 14.7. The second kappa shape index (κ2) is 5.58. The molecule has 0 bridgehead atoms. The Kier molecular flexibility index (Phi) is 4.36. The van der Waals surface area contributed by atoms with Crippen molar-refractivity contribution in [2.45, 2.75) is 18.4 Å². The second-order valence-corrected chi connectivity index (χ2v) is 3.29. The number of aliphatic hydroxyl groups is 2. The van der Waals surface area contributed by atoms with Gasteiger partial charge in [0.25, 0.3) is 0 Å². The smallest absolute Gasteiger partial charge is 0.0842 e. The summed E-state index contributed by atoms with van der Waals surface area (Å²) in [6.45, 7) is 3.44. The average molecular weight is 192 g/mol. The molecule has 0 radical (unpaired) electrons. The van der Waals surface area contributed by atoms with Gasteiger partial charge in [0.2, 0.25) is 0 Å². The van der Waals surface area contributed by atoms with E-state index in [-0.39, 0.29) is 12.5 Å². The van der Waals surface area contributed by atoms with E-state index >= 15 is 0 Å². The van der Waals surface area contributed by atoms with Crippen molar-refractivity contribution < 1.29 is 10.2 Å². The molecule has 0 saturated carbocycles. The van der Waals surface area contributed by atoms with Crippen LogP contribution in [-0.2, 0) is 0 Å². The molecule has 1 aromatic carbocycles. The zero-order chi connectivity index (χ0) is 10.4. The first kappa shape index (κ1) is 11.0. The quantitative estimate of drug-likeness (QED) is 0.697. The Morgan fingerprint density at radius 2 is 1.93 bits per heavy atom. The number of aliphatic hydroxyl groups excluding tert-OH is 2. The van der Waals surface area contributed by atoms with Gasteiger partial charge in [0.1, 0.15) is 0 Å². The molecule has 14 heavy (non-hydrogen) atoms. The molecule has 0 aliphatic carbocycles. The van der Waals surface area contributed by atoms with Crippen molar-refractivity contribution in [2.24, 2.45) is 0 Å². The summed E-state index contributed by atoms with van der Waals surface area (Å²) in [7, 11) is 0. The van der Waals surface area contributed by atoms with Crippen LogP contribution in [0.4, 0.5) is 0 Å². The van der Waals surface area contributed by atoms with Crippen LogP contribution in [0.2, 0.25) is 0 Å². The highest BCUT2D eigenvalue weighted by atomic mass is 16.3. The lowest BCUT2D eigenvalue weighted by Crippen LogP contribution is -2.21. The summed E-state index contributed by atoms with van der Waals surface area (Å²) >= 11 is 0. The Balaban J connectivity index is 2.82. The van der Waals surface area contributed by atoms with E-state index in [1.807, 2.05) is 30.3 Å². The highest BCUT2D eigenvalue weighted by Gasteiger charge is 2.18. The largest absolute Gasteiger partial charge is 0.394 e. The first-order valence-corrected chi connectivity index (χ1v) is 4.74. The van der Waals surface area contributed by atoms with Crippen molar-refractivity contribution in [3.05, 3.63) is 48.6 Å². The Morgan fingerprint density at radius 3 is 2.43 bits per heavy atom. The zero-order valence-electron chi connectivity index (χ0n) is 8.13. The van der Waals surface area contributed by atoms with Crippen molar-refractivity contribution in [1.29, 1.82) is 0 Å². The van der Waals surface area contributed by atoms with Crippen LogP contribution < -0.4 is 0 Å². The first-order chi connectivity index (χ1) is 6.79. The van der Waals surface area contributed by atoms with Gasteiger partial charge in [-0.05, 0) is 12.0 Å². The fourth-order valence-electron chi connectivity index (χ4n) is 1.52. The molecule has 0 aliphatic heterocycles. The summed E-state index contributed by atoms with van der Waals surface area (Å²) in [5, 5.41) is 18.5. The minimum atomic E-state index is -0.713. The Morgan fingerprint density at radius 1 is 1.29 bits per heavy atom. The molecule has 0 fully saturated rings. The predicted octanol–water partition coefficient (Wildman–Crippen LogP) is 1.70. The molecule has 0 unspecified atom stereocenters. The molecular formula is C12H16O2. The van der Waals surface area contributed by atoms with Gasteiger partial charge in [0, 0.05) is 5.92 Å². The van der Waals surface area contributed by atoms with Crippen molar-refractivity contribution in [3.63, 3.8) is 0 Å². The summed E-state index contributed by atoms with van der Waals surface area (Å²) in [6.07, 6.45) is 1.72. The molecule has 1 aromatic rings. The Bertz CT molecular complexity index is 269. The van der Waals surface area contributed by atoms with Gasteiger partial charge in [-0.3, -0.25) is 0 Å². The van der Waals surface area contributed by atoms with E-state index in [9.17, 15) is 5.11 Å². The van der Waals surface area contributed by atoms with Gasteiger partial charge in [-0.1, -0.05) is 36.4 Å². The third-order valence-electron chi connectivity index (χ3n) is 2.30. The molecule has 0 aliphatic rings. The van der Waals surface area contributed by atoms with Crippen molar-refractivity contribution in [1.82, 2.24) is 0 Å². The third kappa shape index (κ3) is 2.69. The maximum absolute atomic E-state index is 9.60. The Labute approximate surface area is 84.5 Å². The first-order valence-electron chi connectivity index (χ1n) is 4.74. The monoisotopic (exact) mass is 192 g/mol. The number of benzene rings is 1. The van der Waals surface area contributed by atoms with Crippen LogP contribution in [0.5, 0.6) is 0 Å². The van der Waals surface area contributed by atoms with E-state index in [0.29, 0.717) is 6.42 Å². The van der Waals surface area contributed by atoms with Gasteiger partial charge in [0.05, 0.1) is 12.7 Å². The SMILES string of the molecule is C=CC[C@H](c1ccccc1)[C@H](O)CO. The fraction of sp³-hybridized carbons (Fsp3) is 0.333. The summed E-state index contributed by atoms with van der Waals surface area (Å²) < 4.78 is 0. The second-order valence-electron chi connectivity index (χ2n) is 3.29. The van der Waals surface area contributed by atoms with Gasteiger partial charge < -0.3 is 10.2 Å². The molecule has 0 amide bonds. The van der Waals surface area contributed by atoms with E-state index in [1.54, 1.807) is 6.08 Å². The number of hydrogen-bond acceptors (Lipinski definition) is 2. The van der Waals surface area contributed by atoms with E-state index < -0.39 is 6.10 Å². The van der Waals surface area contributed by atoms with E-state index in [0.717, 1.165) is 5.56 Å². The van der Waals surface area contributed by atoms with Crippen LogP contribution in [0.15, 0.2) is 43.0 Å². The lowest BCUT2D eigenvalue weighted by molar-refractivity contribution is 0.0731. The molecule has 2 N–H and O–H groups in total. The van der Waals surface area contributed by atoms with Crippen molar-refractivity contribution >= 4 is 0 Å². The van der Waals surface area contributed by atoms with Gasteiger partial charge in [-0.15, -0.1) is 6.58 Å². The molecule has 1 rings (SSSR count). The number of hydrogen-bond donors (Lipinski definition) is 2. The molecule has 2 nitrogen and oxygen atoms in total. The van der Waals surface area contributed by atoms with Crippen LogP contribution in [0.25, 0.3) is 0 Å². The predicted molar refractivity (Wildman–Crippen MR) is 57.1 cm³/mol. The maximum atomic E-state index is 9.60. The van der Waals surface area contributed by atoms with Crippen LogP contribution >= 0.6 is 0 Å². The summed E-state index contributed by atoms with van der Waals surface area (Å²) in [4.78, 5) is 0. The minimum Gasteiger partial charge on any atom is -0.394 e. The van der Waals surface area contributed by atoms with E-state index in [4.69, 9.17) is 5.11 Å². The topological polar surface area (TPSA) is 40.5 Å². The molecule has 0 saturated heterocycles. The molecule has 0 aromatic heterocycles. The summed E-state index contributed by atoms with van der Waals surface area (Å²) in [5.74, 6) is -0.0568. The van der Waals surface area contributed by atoms with Crippen LogP contribution in [0, 0.1) is 0 Å². The Hall–Kier alpha value is -1.12. The molecule has 2 atom stereocenters. The average Bonchev–Trinajstić information content (AvgIpc) is 2.26. The molecule has 0 spiro atoms. The highest BCUT2D eigenvalue weighted by Crippen LogP contribution is 2.23. The summed E-state index contributed by atoms with van der Waals surface area (Å²) in [5.41, 5.74) is 1.04. The third-order valence-corrected chi connectivity index (χ3v) is 2.30. The van der Waals surface area contributed by atoms with Crippen LogP contribution in [-0.4, -0.2) is 22.9 Å². The standard InChI is InChI=1S/C12H16O2/c1-2-6-11(12(14)9-13)10-7-4-3-5-8-10/h2-5,7-8,11-14H,1,6,9H2/t11-,12-/m1/s1. The van der Waals surface area contributed by atoms with Gasteiger partial charge >= 0.3 is 0 Å². The van der Waals surface area contributed by atoms with Crippen LogP contribution in [0.1, 0.15) is 17.9 Å². The lowest BCUT2D eigenvalue weighted by Gasteiger charge is -2.20. The lowest BCUT2D eigenvalue weighted by atomic mass is 9.91. The van der Waals surface area contributed by atoms with Gasteiger partial charge in [-0.25, -0.2) is 0 Å². The van der Waals surface area contributed by atoms with Crippen LogP contribution in [0.3, 0.4) is 0 Å². The molecule has 0 heterocycles. The van der Waals surface area contributed by atoms with Crippen molar-refractivity contribution in [3.8, 4) is 0 Å². The summed E-state index contributed by atoms with van der Waals surface area (Å²) in [6, 6.07) is 9.69. The molecule has 2 heteroatoms.